The average Bonchev–Trinajstić information content (AvgIpc) is 3.21. The highest BCUT2D eigenvalue weighted by Gasteiger charge is 2.60. The number of hydrogen-bond acceptors (Lipinski definition) is 5. The van der Waals surface area contributed by atoms with E-state index in [0.717, 1.165) is 62.7 Å². The Balaban J connectivity index is 1.33. The maximum Gasteiger partial charge on any atom is 0.286 e. The van der Waals surface area contributed by atoms with E-state index in [4.69, 9.17) is 5.73 Å². The van der Waals surface area contributed by atoms with Gasteiger partial charge in [-0.2, -0.15) is 0 Å². The van der Waals surface area contributed by atoms with Crippen molar-refractivity contribution in [2.24, 2.45) is 57.2 Å². The first-order valence-electron chi connectivity index (χ1n) is 14.8. The van der Waals surface area contributed by atoms with Crippen molar-refractivity contribution in [2.45, 2.75) is 104 Å². The Bertz CT molecular complexity index is 731. The molecule has 4 aliphatic carbocycles. The second-order valence-electron chi connectivity index (χ2n) is 13.2. The van der Waals surface area contributed by atoms with E-state index in [1.807, 2.05) is 0 Å². The predicted molar refractivity (Wildman–Crippen MR) is 143 cm³/mol. The van der Waals surface area contributed by atoms with E-state index in [9.17, 15) is 9.70 Å². The van der Waals surface area contributed by atoms with Crippen LogP contribution in [-0.4, -0.2) is 38.1 Å². The summed E-state index contributed by atoms with van der Waals surface area (Å²) >= 11 is 0. The fourth-order valence-corrected chi connectivity index (χ4v) is 9.73. The molecular formula is C29H52N4O2. The van der Waals surface area contributed by atoms with E-state index >= 15 is 0 Å². The third-order valence-electron chi connectivity index (χ3n) is 11.6. The van der Waals surface area contributed by atoms with Crippen molar-refractivity contribution in [3.8, 4) is 0 Å². The molecule has 0 aromatic rings. The van der Waals surface area contributed by atoms with Gasteiger partial charge in [0.1, 0.15) is 0 Å². The molecule has 0 bridgehead atoms. The van der Waals surface area contributed by atoms with Gasteiger partial charge in [0, 0.05) is 30.7 Å². The summed E-state index contributed by atoms with van der Waals surface area (Å²) in [5, 5.41) is 9.99. The van der Waals surface area contributed by atoms with Crippen LogP contribution in [0.25, 0.3) is 0 Å². The van der Waals surface area contributed by atoms with Crippen LogP contribution in [0, 0.1) is 51.2 Å². The SMILES string of the molecule is CC(CCC(=O)N=O)[C@H]1CCC2C3CC[C@H]4C[C@@H](NCCNCCCN)CC[C@]4(C)C3CC[C@@]21C. The largest absolute Gasteiger partial charge is 0.330 e. The molecular weight excluding hydrogens is 436 g/mol. The second-order valence-corrected chi connectivity index (χ2v) is 13.2. The Labute approximate surface area is 213 Å². The van der Waals surface area contributed by atoms with Crippen molar-refractivity contribution in [1.82, 2.24) is 10.6 Å². The number of carbonyl (C=O) groups is 1. The molecule has 0 aromatic carbocycles. The molecule has 9 atom stereocenters. The van der Waals surface area contributed by atoms with Gasteiger partial charge in [-0.15, -0.1) is 4.91 Å². The van der Waals surface area contributed by atoms with Gasteiger partial charge in [0.2, 0.25) is 0 Å². The zero-order chi connectivity index (χ0) is 25.1. The minimum absolute atomic E-state index is 0.326. The molecule has 6 heteroatoms. The summed E-state index contributed by atoms with van der Waals surface area (Å²) in [7, 11) is 0. The molecule has 1 amide bonds. The lowest BCUT2D eigenvalue weighted by Crippen LogP contribution is -2.55. The maximum absolute atomic E-state index is 11.5. The van der Waals surface area contributed by atoms with Gasteiger partial charge in [0.25, 0.3) is 5.91 Å². The predicted octanol–water partition coefficient (Wildman–Crippen LogP) is 5.25. The van der Waals surface area contributed by atoms with Crippen LogP contribution >= 0.6 is 0 Å². The minimum atomic E-state index is -0.473. The fraction of sp³-hybridized carbons (Fsp3) is 0.966. The van der Waals surface area contributed by atoms with Crippen molar-refractivity contribution in [1.29, 1.82) is 0 Å². The third kappa shape index (κ3) is 5.55. The molecule has 4 N–H and O–H groups in total. The van der Waals surface area contributed by atoms with Crippen LogP contribution in [0.4, 0.5) is 0 Å². The quantitative estimate of drug-likeness (QED) is 0.273. The normalized spacial score (nSPS) is 41.5. The number of carbonyl (C=O) groups excluding carboxylic acids is 1. The zero-order valence-corrected chi connectivity index (χ0v) is 22.7. The van der Waals surface area contributed by atoms with E-state index < -0.39 is 5.91 Å². The van der Waals surface area contributed by atoms with Gasteiger partial charge in [0.15, 0.2) is 0 Å². The summed E-state index contributed by atoms with van der Waals surface area (Å²) < 4.78 is 0. The van der Waals surface area contributed by atoms with E-state index in [1.54, 1.807) is 0 Å². The molecule has 6 nitrogen and oxygen atoms in total. The molecule has 200 valence electrons. The monoisotopic (exact) mass is 488 g/mol. The van der Waals surface area contributed by atoms with Crippen LogP contribution in [0.5, 0.6) is 0 Å². The van der Waals surface area contributed by atoms with Gasteiger partial charge in [0.05, 0.1) is 0 Å². The smallest absolute Gasteiger partial charge is 0.286 e. The number of rotatable bonds is 11. The summed E-state index contributed by atoms with van der Waals surface area (Å²) in [6, 6.07) is 0.690. The van der Waals surface area contributed by atoms with Gasteiger partial charge in [-0.1, -0.05) is 20.8 Å². The number of fused-ring (bicyclic) bond motifs is 5. The molecule has 4 rings (SSSR count). The van der Waals surface area contributed by atoms with Crippen LogP contribution < -0.4 is 16.4 Å². The van der Waals surface area contributed by atoms with Gasteiger partial charge in [-0.3, -0.25) is 4.79 Å². The van der Waals surface area contributed by atoms with Crippen LogP contribution in [0.2, 0.25) is 0 Å². The molecule has 0 heterocycles. The topological polar surface area (TPSA) is 96.6 Å². The zero-order valence-electron chi connectivity index (χ0n) is 22.7. The van der Waals surface area contributed by atoms with E-state index in [2.05, 4.69) is 36.6 Å². The van der Waals surface area contributed by atoms with Crippen LogP contribution in [0.3, 0.4) is 0 Å². The van der Waals surface area contributed by atoms with Crippen LogP contribution in [0.1, 0.15) is 97.8 Å². The fourth-order valence-electron chi connectivity index (χ4n) is 9.73. The number of hydrogen-bond donors (Lipinski definition) is 3. The Morgan fingerprint density at radius 3 is 2.54 bits per heavy atom. The van der Waals surface area contributed by atoms with Crippen molar-refractivity contribution < 1.29 is 4.79 Å². The molecule has 4 fully saturated rings. The van der Waals surface area contributed by atoms with Gasteiger partial charge >= 0.3 is 0 Å². The van der Waals surface area contributed by atoms with Gasteiger partial charge in [-0.25, -0.2) is 0 Å². The molecule has 4 aliphatic rings. The highest BCUT2D eigenvalue weighted by molar-refractivity contribution is 5.76. The molecule has 4 unspecified atom stereocenters. The Hall–Kier alpha value is -0.850. The van der Waals surface area contributed by atoms with E-state index in [1.165, 1.54) is 57.8 Å². The minimum Gasteiger partial charge on any atom is -0.330 e. The van der Waals surface area contributed by atoms with Crippen LogP contribution in [0.15, 0.2) is 5.18 Å². The lowest BCUT2D eigenvalue weighted by molar-refractivity contribution is -0.120. The number of nitroso groups, excluding NO2 is 1. The highest BCUT2D eigenvalue weighted by atomic mass is 16.3. The van der Waals surface area contributed by atoms with Crippen molar-refractivity contribution in [3.63, 3.8) is 0 Å². The average molecular weight is 489 g/mol. The molecule has 0 aliphatic heterocycles. The van der Waals surface area contributed by atoms with Crippen molar-refractivity contribution in [3.05, 3.63) is 4.91 Å². The first kappa shape index (κ1) is 27.2. The third-order valence-corrected chi connectivity index (χ3v) is 11.6. The summed E-state index contributed by atoms with van der Waals surface area (Å²) in [4.78, 5) is 22.0. The summed E-state index contributed by atoms with van der Waals surface area (Å²) in [6.07, 6.45) is 14.6. The standard InChI is InChI=1S/C29H52N4O2/c1-20(5-10-27(34)33-35)24-8-9-25-23-7-6-21-19-22(32-18-17-31-16-4-15-30)11-13-28(21,2)26(23)12-14-29(24,25)3/h20-26,31-32H,4-19,30H2,1-3H3/t20?,21-,22-,23?,24+,25?,26?,28-,29+/m0/s1. The molecule has 0 saturated heterocycles. The maximum atomic E-state index is 11.5. The molecule has 4 saturated carbocycles. The molecule has 35 heavy (non-hydrogen) atoms. The van der Waals surface area contributed by atoms with E-state index in [0.29, 0.717) is 35.1 Å². The first-order chi connectivity index (χ1) is 16.8. The van der Waals surface area contributed by atoms with Gasteiger partial charge in [-0.05, 0) is 130 Å². The van der Waals surface area contributed by atoms with Crippen molar-refractivity contribution >= 4 is 5.91 Å². The van der Waals surface area contributed by atoms with Gasteiger partial charge < -0.3 is 16.4 Å². The van der Waals surface area contributed by atoms with Crippen LogP contribution in [-0.2, 0) is 4.79 Å². The summed E-state index contributed by atoms with van der Waals surface area (Å²) in [5.41, 5.74) is 6.52. The van der Waals surface area contributed by atoms with E-state index in [-0.39, 0.29) is 0 Å². The lowest BCUT2D eigenvalue weighted by Gasteiger charge is -2.61. The Kier molecular flexibility index (Phi) is 9.08. The molecule has 0 aromatic heterocycles. The summed E-state index contributed by atoms with van der Waals surface area (Å²) in [5.74, 6) is 4.24. The lowest BCUT2D eigenvalue weighted by atomic mass is 9.44. The number of nitrogens with zero attached hydrogens (tertiary/aromatic N) is 1. The number of nitrogens with two attached hydrogens (primary N) is 1. The Morgan fingerprint density at radius 2 is 1.77 bits per heavy atom. The van der Waals surface area contributed by atoms with Crippen molar-refractivity contribution in [2.75, 3.05) is 26.2 Å². The summed E-state index contributed by atoms with van der Waals surface area (Å²) in [6.45, 7) is 11.5. The Morgan fingerprint density at radius 1 is 1.00 bits per heavy atom. The molecule has 0 radical (unpaired) electrons. The number of amides is 1. The number of nitrogens with one attached hydrogen (secondary N) is 2. The highest BCUT2D eigenvalue weighted by Crippen LogP contribution is 2.68. The first-order valence-corrected chi connectivity index (χ1v) is 14.8. The second kappa shape index (κ2) is 11.7. The molecule has 0 spiro atoms.